The summed E-state index contributed by atoms with van der Waals surface area (Å²) in [6.45, 7) is 11.2. The van der Waals surface area contributed by atoms with E-state index in [9.17, 15) is 4.79 Å². The van der Waals surface area contributed by atoms with Crippen molar-refractivity contribution in [3.63, 3.8) is 0 Å². The molecule has 1 saturated heterocycles. The summed E-state index contributed by atoms with van der Waals surface area (Å²) in [4.78, 5) is 14.2. The van der Waals surface area contributed by atoms with E-state index in [2.05, 4.69) is 11.8 Å². The number of hydrogen-bond acceptors (Lipinski definition) is 2. The highest BCUT2D eigenvalue weighted by Crippen LogP contribution is 2.22. The lowest BCUT2D eigenvalue weighted by atomic mass is 9.90. The third kappa shape index (κ3) is 3.94. The fourth-order valence-corrected chi connectivity index (χ4v) is 2.14. The monoisotopic (exact) mass is 211 g/mol. The second kappa shape index (κ2) is 5.11. The Morgan fingerprint density at radius 3 is 2.60 bits per heavy atom. The van der Waals surface area contributed by atoms with Crippen LogP contribution < -0.4 is 0 Å². The largest absolute Gasteiger partial charge is 0.298 e. The molecule has 2 heteroatoms. The SMILES string of the molecule is CCCC1CCN(CC(=O)C(C)(C)C)C1. The van der Waals surface area contributed by atoms with Gasteiger partial charge >= 0.3 is 0 Å². The smallest absolute Gasteiger partial charge is 0.152 e. The molecule has 1 unspecified atom stereocenters. The quantitative estimate of drug-likeness (QED) is 0.712. The van der Waals surface area contributed by atoms with Crippen LogP contribution in [0.5, 0.6) is 0 Å². The summed E-state index contributed by atoms with van der Waals surface area (Å²) in [7, 11) is 0. The third-order valence-corrected chi connectivity index (χ3v) is 3.27. The first-order chi connectivity index (χ1) is 6.93. The van der Waals surface area contributed by atoms with Crippen LogP contribution in [-0.2, 0) is 4.79 Å². The molecule has 0 radical (unpaired) electrons. The average Bonchev–Trinajstić information content (AvgIpc) is 2.51. The van der Waals surface area contributed by atoms with Gasteiger partial charge in [-0.25, -0.2) is 0 Å². The van der Waals surface area contributed by atoms with Crippen molar-refractivity contribution >= 4 is 5.78 Å². The van der Waals surface area contributed by atoms with Gasteiger partial charge in [0.2, 0.25) is 0 Å². The maximum absolute atomic E-state index is 11.8. The molecule has 1 aliphatic rings. The lowest BCUT2D eigenvalue weighted by Crippen LogP contribution is -2.34. The van der Waals surface area contributed by atoms with Gasteiger partial charge in [0.15, 0.2) is 5.78 Å². The minimum absolute atomic E-state index is 0.178. The predicted molar refractivity (Wildman–Crippen MR) is 63.9 cm³/mol. The van der Waals surface area contributed by atoms with Crippen LogP contribution in [-0.4, -0.2) is 30.3 Å². The lowest BCUT2D eigenvalue weighted by Gasteiger charge is -2.22. The second-order valence-electron chi connectivity index (χ2n) is 5.85. The predicted octanol–water partition coefficient (Wildman–Crippen LogP) is 2.72. The highest BCUT2D eigenvalue weighted by atomic mass is 16.1. The van der Waals surface area contributed by atoms with Crippen molar-refractivity contribution in [1.29, 1.82) is 0 Å². The Morgan fingerprint density at radius 1 is 1.40 bits per heavy atom. The number of Topliss-reactive ketones (excluding diaryl/α,β-unsaturated/α-hetero) is 1. The van der Waals surface area contributed by atoms with Crippen molar-refractivity contribution in [1.82, 2.24) is 4.90 Å². The average molecular weight is 211 g/mol. The minimum atomic E-state index is -0.178. The zero-order chi connectivity index (χ0) is 11.5. The van der Waals surface area contributed by atoms with E-state index in [0.717, 1.165) is 19.0 Å². The van der Waals surface area contributed by atoms with Crippen molar-refractivity contribution in [2.24, 2.45) is 11.3 Å². The van der Waals surface area contributed by atoms with E-state index in [0.29, 0.717) is 12.3 Å². The number of rotatable bonds is 4. The normalized spacial score (nSPS) is 23.3. The van der Waals surface area contributed by atoms with Crippen molar-refractivity contribution in [2.75, 3.05) is 19.6 Å². The molecule has 1 atom stereocenters. The van der Waals surface area contributed by atoms with Crippen molar-refractivity contribution in [3.05, 3.63) is 0 Å². The van der Waals surface area contributed by atoms with Crippen molar-refractivity contribution in [3.8, 4) is 0 Å². The molecule has 0 bridgehead atoms. The zero-order valence-electron chi connectivity index (χ0n) is 10.7. The molecule has 0 aromatic heterocycles. The van der Waals surface area contributed by atoms with Crippen LogP contribution in [0.25, 0.3) is 0 Å². The Bertz CT molecular complexity index is 217. The van der Waals surface area contributed by atoms with Crippen molar-refractivity contribution in [2.45, 2.75) is 47.0 Å². The highest BCUT2D eigenvalue weighted by Gasteiger charge is 2.27. The molecule has 2 nitrogen and oxygen atoms in total. The molecule has 0 amide bonds. The Kier molecular flexibility index (Phi) is 4.32. The molecule has 0 spiro atoms. The summed E-state index contributed by atoms with van der Waals surface area (Å²) in [5.41, 5.74) is -0.178. The van der Waals surface area contributed by atoms with Gasteiger partial charge in [0.25, 0.3) is 0 Å². The van der Waals surface area contributed by atoms with Gasteiger partial charge in [-0.05, 0) is 25.3 Å². The highest BCUT2D eigenvalue weighted by molar-refractivity contribution is 5.85. The van der Waals surface area contributed by atoms with E-state index >= 15 is 0 Å². The topological polar surface area (TPSA) is 20.3 Å². The van der Waals surface area contributed by atoms with E-state index in [1.807, 2.05) is 20.8 Å². The Hall–Kier alpha value is -0.370. The molecular formula is C13H25NO. The van der Waals surface area contributed by atoms with E-state index in [4.69, 9.17) is 0 Å². The maximum atomic E-state index is 11.8. The molecule has 0 N–H and O–H groups in total. The second-order valence-corrected chi connectivity index (χ2v) is 5.85. The molecule has 0 saturated carbocycles. The number of carbonyl (C=O) groups excluding carboxylic acids is 1. The third-order valence-electron chi connectivity index (χ3n) is 3.27. The van der Waals surface area contributed by atoms with Gasteiger partial charge < -0.3 is 0 Å². The lowest BCUT2D eigenvalue weighted by molar-refractivity contribution is -0.127. The number of likely N-dealkylation sites (tertiary alicyclic amines) is 1. The van der Waals surface area contributed by atoms with Crippen LogP contribution in [0.3, 0.4) is 0 Å². The summed E-state index contributed by atoms with van der Waals surface area (Å²) in [6.07, 6.45) is 3.87. The van der Waals surface area contributed by atoms with E-state index in [1.165, 1.54) is 19.3 Å². The van der Waals surface area contributed by atoms with Gasteiger partial charge in [-0.15, -0.1) is 0 Å². The summed E-state index contributed by atoms with van der Waals surface area (Å²) in [5.74, 6) is 1.21. The van der Waals surface area contributed by atoms with Gasteiger partial charge in [-0.1, -0.05) is 34.1 Å². The molecule has 1 rings (SSSR count). The number of carbonyl (C=O) groups is 1. The molecule has 88 valence electrons. The summed E-state index contributed by atoms with van der Waals surface area (Å²) in [6, 6.07) is 0. The Morgan fingerprint density at radius 2 is 2.07 bits per heavy atom. The van der Waals surface area contributed by atoms with E-state index < -0.39 is 0 Å². The van der Waals surface area contributed by atoms with Crippen LogP contribution in [0.2, 0.25) is 0 Å². The molecule has 0 aliphatic carbocycles. The molecule has 1 heterocycles. The molecule has 15 heavy (non-hydrogen) atoms. The van der Waals surface area contributed by atoms with Gasteiger partial charge in [0.05, 0.1) is 6.54 Å². The molecule has 0 aromatic carbocycles. The van der Waals surface area contributed by atoms with Gasteiger partial charge in [-0.2, -0.15) is 0 Å². The first-order valence-electron chi connectivity index (χ1n) is 6.19. The van der Waals surface area contributed by atoms with Crippen molar-refractivity contribution < 1.29 is 4.79 Å². The minimum Gasteiger partial charge on any atom is -0.298 e. The summed E-state index contributed by atoms with van der Waals surface area (Å²) >= 11 is 0. The number of hydrogen-bond donors (Lipinski definition) is 0. The van der Waals surface area contributed by atoms with Gasteiger partial charge in [-0.3, -0.25) is 9.69 Å². The van der Waals surface area contributed by atoms with Gasteiger partial charge in [0.1, 0.15) is 0 Å². The Balaban J connectivity index is 2.33. The van der Waals surface area contributed by atoms with E-state index in [1.54, 1.807) is 0 Å². The van der Waals surface area contributed by atoms with Crippen LogP contribution >= 0.6 is 0 Å². The molecule has 1 aliphatic heterocycles. The number of ketones is 1. The fraction of sp³-hybridized carbons (Fsp3) is 0.923. The molecule has 0 aromatic rings. The molecule has 1 fully saturated rings. The van der Waals surface area contributed by atoms with Gasteiger partial charge in [0, 0.05) is 12.0 Å². The number of nitrogens with zero attached hydrogens (tertiary/aromatic N) is 1. The fourth-order valence-electron chi connectivity index (χ4n) is 2.14. The van der Waals surface area contributed by atoms with Crippen LogP contribution in [0, 0.1) is 11.3 Å². The van der Waals surface area contributed by atoms with E-state index in [-0.39, 0.29) is 5.41 Å². The first kappa shape index (κ1) is 12.7. The van der Waals surface area contributed by atoms with Crippen LogP contribution in [0.15, 0.2) is 0 Å². The van der Waals surface area contributed by atoms with Crippen LogP contribution in [0.4, 0.5) is 0 Å². The van der Waals surface area contributed by atoms with Crippen LogP contribution in [0.1, 0.15) is 47.0 Å². The first-order valence-corrected chi connectivity index (χ1v) is 6.19. The Labute approximate surface area is 94.0 Å². The standard InChI is InChI=1S/C13H25NO/c1-5-6-11-7-8-14(9-11)10-12(15)13(2,3)4/h11H,5-10H2,1-4H3. The zero-order valence-corrected chi connectivity index (χ0v) is 10.7. The maximum Gasteiger partial charge on any atom is 0.152 e. The summed E-state index contributed by atoms with van der Waals surface area (Å²) in [5, 5.41) is 0. The molecular weight excluding hydrogens is 186 g/mol. The summed E-state index contributed by atoms with van der Waals surface area (Å²) < 4.78 is 0.